The number of halogens is 8. The third kappa shape index (κ3) is 5.69. The first-order valence-electron chi connectivity index (χ1n) is 12.8. The summed E-state index contributed by atoms with van der Waals surface area (Å²) in [5.74, 6) is -1.49. The summed E-state index contributed by atoms with van der Waals surface area (Å²) >= 11 is 0.517. The van der Waals surface area contributed by atoms with Crippen LogP contribution in [0.15, 0.2) is 18.2 Å². The zero-order chi connectivity index (χ0) is 31.2. The largest absolute Gasteiger partial charge is 0.464 e. The summed E-state index contributed by atoms with van der Waals surface area (Å²) < 4.78 is 115. The summed E-state index contributed by atoms with van der Waals surface area (Å²) in [6, 6.07) is 0.570. The predicted molar refractivity (Wildman–Crippen MR) is 133 cm³/mol. The van der Waals surface area contributed by atoms with Crippen molar-refractivity contribution in [2.24, 2.45) is 0 Å². The van der Waals surface area contributed by atoms with Crippen LogP contribution in [-0.2, 0) is 14.9 Å². The second-order valence-electron chi connectivity index (χ2n) is 10.4. The van der Waals surface area contributed by atoms with Crippen LogP contribution in [0.4, 0.5) is 35.1 Å². The molecule has 1 aromatic carbocycles. The quantitative estimate of drug-likeness (QED) is 0.279. The fourth-order valence-electron chi connectivity index (χ4n) is 4.99. The molecule has 16 heteroatoms. The number of hydrogen-bond donors (Lipinski definition) is 1. The summed E-state index contributed by atoms with van der Waals surface area (Å²) in [5.41, 5.74) is -8.03. The third-order valence-corrected chi connectivity index (χ3v) is 8.85. The molecular formula is C26H25F8N3O4S. The Morgan fingerprint density at radius 3 is 2.31 bits per heavy atom. The molecule has 1 atom stereocenters. The van der Waals surface area contributed by atoms with E-state index in [2.05, 4.69) is 10.3 Å². The van der Waals surface area contributed by atoms with Crippen LogP contribution in [0.2, 0.25) is 0 Å². The van der Waals surface area contributed by atoms with Crippen LogP contribution in [0.25, 0.3) is 10.4 Å². The SMILES string of the molecule is C[C@H]1CCCN1C(=O)c1nc(C(=O)N[C@H]2C[C@H](OC=O)C2)sc1-c1ccc(C(C)(C(F)(F)F)C(F)(F)F)cc1C(F)F. The molecule has 230 valence electrons. The van der Waals surface area contributed by atoms with Crippen molar-refractivity contribution >= 4 is 29.6 Å². The molecule has 0 bridgehead atoms. The van der Waals surface area contributed by atoms with Gasteiger partial charge in [-0.1, -0.05) is 12.1 Å². The molecule has 7 nitrogen and oxygen atoms in total. The molecule has 2 aliphatic rings. The Hall–Kier alpha value is -3.30. The smallest absolute Gasteiger partial charge is 0.406 e. The average molecular weight is 628 g/mol. The first-order valence-corrected chi connectivity index (χ1v) is 13.6. The minimum Gasteiger partial charge on any atom is -0.464 e. The van der Waals surface area contributed by atoms with E-state index in [0.29, 0.717) is 55.7 Å². The van der Waals surface area contributed by atoms with Crippen LogP contribution in [0.1, 0.15) is 77.4 Å². The molecule has 1 N–H and O–H groups in total. The van der Waals surface area contributed by atoms with Crippen molar-refractivity contribution in [1.82, 2.24) is 15.2 Å². The molecule has 1 aliphatic heterocycles. The number of benzene rings is 1. The highest BCUT2D eigenvalue weighted by Crippen LogP contribution is 2.53. The average Bonchev–Trinajstić information content (AvgIpc) is 3.51. The number of thiazole rings is 1. The van der Waals surface area contributed by atoms with E-state index >= 15 is 0 Å². The van der Waals surface area contributed by atoms with E-state index in [1.54, 1.807) is 6.92 Å². The van der Waals surface area contributed by atoms with Gasteiger partial charge in [0.05, 0.1) is 4.88 Å². The Balaban J connectivity index is 1.80. The van der Waals surface area contributed by atoms with Crippen molar-refractivity contribution in [2.75, 3.05) is 6.54 Å². The normalized spacial score (nSPS) is 21.3. The number of nitrogens with zero attached hydrogens (tertiary/aromatic N) is 2. The lowest BCUT2D eigenvalue weighted by molar-refractivity contribution is -0.297. The summed E-state index contributed by atoms with van der Waals surface area (Å²) in [7, 11) is 0. The Morgan fingerprint density at radius 2 is 1.79 bits per heavy atom. The molecule has 4 rings (SSSR count). The third-order valence-electron chi connectivity index (χ3n) is 7.76. The van der Waals surface area contributed by atoms with Crippen molar-refractivity contribution in [1.29, 1.82) is 0 Å². The number of carbonyl (C=O) groups excluding carboxylic acids is 3. The number of hydrogen-bond acceptors (Lipinski definition) is 6. The van der Waals surface area contributed by atoms with Gasteiger partial charge in [0.1, 0.15) is 11.8 Å². The van der Waals surface area contributed by atoms with Crippen LogP contribution >= 0.6 is 11.3 Å². The molecule has 2 amide bonds. The summed E-state index contributed by atoms with van der Waals surface area (Å²) in [5, 5.41) is 2.30. The summed E-state index contributed by atoms with van der Waals surface area (Å²) in [4.78, 5) is 42.1. The number of alkyl halides is 8. The van der Waals surface area contributed by atoms with E-state index in [-0.39, 0.29) is 35.4 Å². The summed E-state index contributed by atoms with van der Waals surface area (Å²) in [6.45, 7) is 2.18. The van der Waals surface area contributed by atoms with Gasteiger partial charge in [-0.2, -0.15) is 26.3 Å². The minimum atomic E-state index is -5.87. The molecule has 0 radical (unpaired) electrons. The molecule has 2 fully saturated rings. The number of ether oxygens (including phenoxy) is 1. The first-order chi connectivity index (χ1) is 19.5. The van der Waals surface area contributed by atoms with Gasteiger partial charge in [-0.15, -0.1) is 11.3 Å². The van der Waals surface area contributed by atoms with E-state index < -0.39 is 70.5 Å². The number of rotatable bonds is 8. The molecule has 0 spiro atoms. The topological polar surface area (TPSA) is 88.6 Å². The Bertz CT molecular complexity index is 1340. The molecule has 0 unspecified atom stereocenters. The predicted octanol–water partition coefficient (Wildman–Crippen LogP) is 6.19. The van der Waals surface area contributed by atoms with E-state index in [4.69, 9.17) is 4.74 Å². The Kier molecular flexibility index (Phi) is 8.60. The number of carbonyl (C=O) groups is 3. The van der Waals surface area contributed by atoms with E-state index in [9.17, 15) is 49.5 Å². The van der Waals surface area contributed by atoms with Crippen molar-refractivity contribution in [2.45, 2.75) is 81.9 Å². The van der Waals surface area contributed by atoms with Gasteiger partial charge in [0, 0.05) is 42.6 Å². The van der Waals surface area contributed by atoms with Gasteiger partial charge in [-0.05, 0) is 38.3 Å². The monoisotopic (exact) mass is 627 g/mol. The lowest BCUT2D eigenvalue weighted by Gasteiger charge is -2.34. The number of aromatic nitrogens is 1. The van der Waals surface area contributed by atoms with Crippen molar-refractivity contribution < 1.29 is 54.2 Å². The van der Waals surface area contributed by atoms with Crippen molar-refractivity contribution in [3.8, 4) is 10.4 Å². The van der Waals surface area contributed by atoms with Gasteiger partial charge in [-0.3, -0.25) is 14.4 Å². The second kappa shape index (κ2) is 11.4. The highest BCUT2D eigenvalue weighted by molar-refractivity contribution is 7.17. The molecule has 2 aromatic rings. The van der Waals surface area contributed by atoms with Crippen LogP contribution in [0.5, 0.6) is 0 Å². The van der Waals surface area contributed by atoms with Gasteiger partial charge in [0.25, 0.3) is 24.7 Å². The number of nitrogens with one attached hydrogen (secondary N) is 1. The lowest BCUT2D eigenvalue weighted by Crippen LogP contribution is -2.51. The maximum atomic E-state index is 14.3. The van der Waals surface area contributed by atoms with Crippen molar-refractivity contribution in [3.63, 3.8) is 0 Å². The lowest BCUT2D eigenvalue weighted by atomic mass is 9.79. The van der Waals surface area contributed by atoms with Gasteiger partial charge < -0.3 is 15.0 Å². The standard InChI is InChI=1S/C26H25F8N3O4S/c1-12-4-3-7-37(12)23(40)18-19(42-22(36-18)21(39)35-14-9-15(10-14)41-11-38)16-6-5-13(8-17(16)20(27)28)24(2,25(29,30)31)26(32,33)34/h5-6,8,11-12,14-15,20H,3-4,7,9-10H2,1-2H3,(H,35,39)/t12-,14-,15-/m0/s1. The Labute approximate surface area is 238 Å². The molecule has 1 aromatic heterocycles. The summed E-state index contributed by atoms with van der Waals surface area (Å²) in [6.07, 6.45) is -13.8. The Morgan fingerprint density at radius 1 is 1.14 bits per heavy atom. The zero-order valence-corrected chi connectivity index (χ0v) is 22.9. The molecule has 2 heterocycles. The molecular weight excluding hydrogens is 602 g/mol. The number of amides is 2. The van der Waals surface area contributed by atoms with Crippen LogP contribution in [0, 0.1) is 0 Å². The van der Waals surface area contributed by atoms with Gasteiger partial charge in [-0.25, -0.2) is 13.8 Å². The van der Waals surface area contributed by atoms with E-state index in [1.807, 2.05) is 0 Å². The highest BCUT2D eigenvalue weighted by atomic mass is 32.1. The van der Waals surface area contributed by atoms with Crippen LogP contribution in [0.3, 0.4) is 0 Å². The maximum Gasteiger partial charge on any atom is 0.406 e. The molecule has 42 heavy (non-hydrogen) atoms. The fraction of sp³-hybridized carbons (Fsp3) is 0.538. The fourth-order valence-corrected chi connectivity index (χ4v) is 5.99. The highest BCUT2D eigenvalue weighted by Gasteiger charge is 2.68. The van der Waals surface area contributed by atoms with Gasteiger partial charge in [0.15, 0.2) is 10.4 Å². The van der Waals surface area contributed by atoms with Crippen LogP contribution < -0.4 is 5.32 Å². The first kappa shape index (κ1) is 31.6. The molecule has 1 saturated carbocycles. The number of likely N-dealkylation sites (tertiary alicyclic amines) is 1. The second-order valence-corrected chi connectivity index (χ2v) is 11.4. The van der Waals surface area contributed by atoms with Gasteiger partial charge >= 0.3 is 12.4 Å². The molecule has 1 aliphatic carbocycles. The van der Waals surface area contributed by atoms with E-state index in [1.165, 1.54) is 4.90 Å². The zero-order valence-electron chi connectivity index (χ0n) is 22.1. The van der Waals surface area contributed by atoms with Crippen molar-refractivity contribution in [3.05, 3.63) is 40.0 Å². The van der Waals surface area contributed by atoms with E-state index in [0.717, 1.165) is 0 Å². The maximum absolute atomic E-state index is 14.3. The van der Waals surface area contributed by atoms with Crippen LogP contribution in [-0.4, -0.2) is 65.3 Å². The minimum absolute atomic E-state index is 0.134. The van der Waals surface area contributed by atoms with Gasteiger partial charge in [0.2, 0.25) is 0 Å². The molecule has 1 saturated heterocycles.